The summed E-state index contributed by atoms with van der Waals surface area (Å²) < 4.78 is 5.10. The summed E-state index contributed by atoms with van der Waals surface area (Å²) in [5.74, 6) is -0.118. The maximum Gasteiger partial charge on any atom is 0.248 e. The number of hydrogen-bond donors (Lipinski definition) is 1. The summed E-state index contributed by atoms with van der Waals surface area (Å²) in [5.41, 5.74) is 5.28. The first-order chi connectivity index (χ1) is 7.68. The second kappa shape index (κ2) is 4.82. The molecule has 0 aromatic carbocycles. The van der Waals surface area contributed by atoms with E-state index in [4.69, 9.17) is 10.5 Å². The summed E-state index contributed by atoms with van der Waals surface area (Å²) in [5, 5.41) is 0. The van der Waals surface area contributed by atoms with E-state index in [1.54, 1.807) is 0 Å². The first-order valence-electron chi connectivity index (χ1n) is 5.85. The molecule has 0 aromatic heterocycles. The van der Waals surface area contributed by atoms with Crippen molar-refractivity contribution < 1.29 is 14.3 Å². The van der Waals surface area contributed by atoms with Crippen LogP contribution >= 0.6 is 0 Å². The molecule has 1 saturated carbocycles. The van der Waals surface area contributed by atoms with E-state index in [1.807, 2.05) is 4.90 Å². The molecule has 90 valence electrons. The molecule has 5 heteroatoms. The molecule has 1 aliphatic heterocycles. The minimum absolute atomic E-state index is 0.00685. The molecule has 2 amide bonds. The van der Waals surface area contributed by atoms with Crippen molar-refractivity contribution in [3.8, 4) is 0 Å². The van der Waals surface area contributed by atoms with E-state index in [-0.39, 0.29) is 30.4 Å². The zero-order valence-electron chi connectivity index (χ0n) is 9.35. The molecular formula is C11H18N2O3. The second-order valence-corrected chi connectivity index (χ2v) is 4.55. The van der Waals surface area contributed by atoms with Gasteiger partial charge in [0, 0.05) is 18.5 Å². The van der Waals surface area contributed by atoms with Crippen LogP contribution in [0.4, 0.5) is 0 Å². The van der Waals surface area contributed by atoms with Gasteiger partial charge in [-0.3, -0.25) is 9.59 Å². The summed E-state index contributed by atoms with van der Waals surface area (Å²) in [6.07, 6.45) is 3.40. The fourth-order valence-corrected chi connectivity index (χ4v) is 2.59. The lowest BCUT2D eigenvalue weighted by molar-refractivity contribution is -0.146. The number of nitrogens with two attached hydrogens (primary N) is 1. The lowest BCUT2D eigenvalue weighted by Gasteiger charge is -2.38. The molecule has 0 radical (unpaired) electrons. The van der Waals surface area contributed by atoms with Gasteiger partial charge in [0.1, 0.15) is 6.61 Å². The van der Waals surface area contributed by atoms with Crippen LogP contribution in [0.25, 0.3) is 0 Å². The van der Waals surface area contributed by atoms with E-state index < -0.39 is 0 Å². The highest BCUT2D eigenvalue weighted by molar-refractivity contribution is 5.78. The van der Waals surface area contributed by atoms with Crippen LogP contribution in [0, 0.1) is 5.92 Å². The number of amides is 2. The first kappa shape index (κ1) is 11.4. The maximum atomic E-state index is 11.6. The number of nitrogens with zero attached hydrogens (tertiary/aromatic N) is 1. The van der Waals surface area contributed by atoms with Crippen molar-refractivity contribution >= 4 is 11.8 Å². The molecule has 2 N–H and O–H groups in total. The second-order valence-electron chi connectivity index (χ2n) is 4.55. The van der Waals surface area contributed by atoms with Crippen molar-refractivity contribution in [2.75, 3.05) is 19.8 Å². The minimum atomic E-state index is -0.202. The molecule has 1 heterocycles. The average molecular weight is 226 g/mol. The van der Waals surface area contributed by atoms with Crippen LogP contribution in [0.2, 0.25) is 0 Å². The smallest absolute Gasteiger partial charge is 0.248 e. The summed E-state index contributed by atoms with van der Waals surface area (Å²) in [6, 6.07) is 0.284. The van der Waals surface area contributed by atoms with E-state index in [2.05, 4.69) is 0 Å². The minimum Gasteiger partial charge on any atom is -0.370 e. The zero-order valence-corrected chi connectivity index (χ0v) is 9.35. The highest BCUT2D eigenvalue weighted by Crippen LogP contribution is 2.27. The van der Waals surface area contributed by atoms with Crippen LogP contribution in [0.15, 0.2) is 0 Å². The fraction of sp³-hybridized carbons (Fsp3) is 0.818. The van der Waals surface area contributed by atoms with Gasteiger partial charge in [0.05, 0.1) is 6.61 Å². The van der Waals surface area contributed by atoms with Gasteiger partial charge in [0.2, 0.25) is 11.8 Å². The molecule has 0 unspecified atom stereocenters. The number of rotatable bonds is 2. The lowest BCUT2D eigenvalue weighted by Crippen LogP contribution is -2.49. The van der Waals surface area contributed by atoms with Gasteiger partial charge in [-0.2, -0.15) is 0 Å². The first-order valence-corrected chi connectivity index (χ1v) is 5.85. The normalized spacial score (nSPS) is 31.5. The van der Waals surface area contributed by atoms with Gasteiger partial charge in [0.15, 0.2) is 0 Å². The lowest BCUT2D eigenvalue weighted by atomic mass is 9.85. The van der Waals surface area contributed by atoms with Crippen molar-refractivity contribution in [2.24, 2.45) is 11.7 Å². The van der Waals surface area contributed by atoms with Crippen LogP contribution < -0.4 is 5.73 Å². The third kappa shape index (κ3) is 2.35. The predicted molar refractivity (Wildman–Crippen MR) is 57.5 cm³/mol. The van der Waals surface area contributed by atoms with Crippen LogP contribution in [0.1, 0.15) is 25.7 Å². The monoisotopic (exact) mass is 226 g/mol. The molecular weight excluding hydrogens is 208 g/mol. The van der Waals surface area contributed by atoms with Gasteiger partial charge in [-0.25, -0.2) is 0 Å². The van der Waals surface area contributed by atoms with Crippen LogP contribution in [-0.4, -0.2) is 42.5 Å². The Kier molecular flexibility index (Phi) is 3.43. The van der Waals surface area contributed by atoms with Crippen molar-refractivity contribution in [2.45, 2.75) is 31.7 Å². The number of carbonyl (C=O) groups is 2. The zero-order chi connectivity index (χ0) is 11.5. The van der Waals surface area contributed by atoms with E-state index in [0.29, 0.717) is 13.2 Å². The summed E-state index contributed by atoms with van der Waals surface area (Å²) >= 11 is 0. The Morgan fingerprint density at radius 2 is 2.00 bits per heavy atom. The Labute approximate surface area is 94.9 Å². The Bertz CT molecular complexity index is 285. The standard InChI is InChI=1S/C11H18N2O3/c12-11(15)8-1-3-9(4-2-8)13-5-6-16-7-10(13)14/h8-9H,1-7H2,(H2,12,15). The molecule has 0 aromatic rings. The van der Waals surface area contributed by atoms with Gasteiger partial charge in [-0.15, -0.1) is 0 Å². The molecule has 16 heavy (non-hydrogen) atoms. The molecule has 0 atom stereocenters. The van der Waals surface area contributed by atoms with Crippen molar-refractivity contribution in [1.82, 2.24) is 4.90 Å². The predicted octanol–water partition coefficient (Wildman–Crippen LogP) is -0.111. The average Bonchev–Trinajstić information content (AvgIpc) is 2.30. The summed E-state index contributed by atoms with van der Waals surface area (Å²) in [4.78, 5) is 24.5. The Hall–Kier alpha value is -1.10. The van der Waals surface area contributed by atoms with Gasteiger partial charge in [-0.05, 0) is 25.7 Å². The molecule has 0 spiro atoms. The Morgan fingerprint density at radius 1 is 1.31 bits per heavy atom. The van der Waals surface area contributed by atoms with E-state index >= 15 is 0 Å². The molecule has 1 saturated heterocycles. The molecule has 2 fully saturated rings. The Morgan fingerprint density at radius 3 is 2.56 bits per heavy atom. The van der Waals surface area contributed by atoms with Crippen molar-refractivity contribution in [3.05, 3.63) is 0 Å². The third-order valence-electron chi connectivity index (χ3n) is 3.56. The number of primary amides is 1. The molecule has 5 nitrogen and oxygen atoms in total. The van der Waals surface area contributed by atoms with Gasteiger partial charge in [-0.1, -0.05) is 0 Å². The quantitative estimate of drug-likeness (QED) is 0.714. The van der Waals surface area contributed by atoms with Gasteiger partial charge in [0.25, 0.3) is 0 Å². The molecule has 2 rings (SSSR count). The van der Waals surface area contributed by atoms with E-state index in [1.165, 1.54) is 0 Å². The number of ether oxygens (including phenoxy) is 1. The van der Waals surface area contributed by atoms with E-state index in [9.17, 15) is 9.59 Å². The fourth-order valence-electron chi connectivity index (χ4n) is 2.59. The van der Waals surface area contributed by atoms with Crippen molar-refractivity contribution in [3.63, 3.8) is 0 Å². The third-order valence-corrected chi connectivity index (χ3v) is 3.56. The van der Waals surface area contributed by atoms with E-state index in [0.717, 1.165) is 25.7 Å². The summed E-state index contributed by atoms with van der Waals surface area (Å²) in [7, 11) is 0. The van der Waals surface area contributed by atoms with Crippen LogP contribution in [0.3, 0.4) is 0 Å². The topological polar surface area (TPSA) is 72.6 Å². The number of morpholine rings is 1. The highest BCUT2D eigenvalue weighted by atomic mass is 16.5. The highest BCUT2D eigenvalue weighted by Gasteiger charge is 2.31. The van der Waals surface area contributed by atoms with Gasteiger partial charge < -0.3 is 15.4 Å². The van der Waals surface area contributed by atoms with Crippen molar-refractivity contribution in [1.29, 1.82) is 0 Å². The van der Waals surface area contributed by atoms with Crippen LogP contribution in [-0.2, 0) is 14.3 Å². The molecule has 1 aliphatic carbocycles. The maximum absolute atomic E-state index is 11.6. The van der Waals surface area contributed by atoms with Crippen LogP contribution in [0.5, 0.6) is 0 Å². The number of carbonyl (C=O) groups excluding carboxylic acids is 2. The Balaban J connectivity index is 1.88. The molecule has 0 bridgehead atoms. The number of hydrogen-bond acceptors (Lipinski definition) is 3. The summed E-state index contributed by atoms with van der Waals surface area (Å²) in [6.45, 7) is 1.52. The SMILES string of the molecule is NC(=O)C1CCC(N2CCOCC2=O)CC1. The molecule has 2 aliphatic rings. The van der Waals surface area contributed by atoms with Gasteiger partial charge >= 0.3 is 0 Å². The largest absolute Gasteiger partial charge is 0.370 e.